The van der Waals surface area contributed by atoms with Gasteiger partial charge in [0.25, 0.3) is 0 Å². The number of nitrogens with zero attached hydrogens (tertiary/aromatic N) is 3. The Kier molecular flexibility index (Phi) is 6.66. The molecule has 1 atom stereocenters. The highest BCUT2D eigenvalue weighted by Gasteiger charge is 2.16. The zero-order chi connectivity index (χ0) is 20.1. The number of imidazole rings is 1. The van der Waals surface area contributed by atoms with Crippen molar-refractivity contribution in [3.05, 3.63) is 53.7 Å². The van der Waals surface area contributed by atoms with Gasteiger partial charge in [0.05, 0.1) is 42.2 Å². The van der Waals surface area contributed by atoms with E-state index in [0.29, 0.717) is 41.3 Å². The number of pyridine rings is 1. The lowest BCUT2D eigenvalue weighted by Crippen LogP contribution is -2.01. The minimum absolute atomic E-state index is 0.0219. The standard InChI is InChI=1S/C19H20ClN3O4S/c1-3-26-16-7-13(8-17(9-16)27-4-2)18-19(20)22-12-23(18)15-6-5-14(21-10-15)11-28(24)25/h5-10,12H,3-4,11H2,1-2H3,(H,24,25). The highest BCUT2D eigenvalue weighted by molar-refractivity contribution is 7.78. The molecule has 1 unspecified atom stereocenters. The largest absolute Gasteiger partial charge is 0.494 e. The minimum Gasteiger partial charge on any atom is -0.494 e. The van der Waals surface area contributed by atoms with E-state index in [0.717, 1.165) is 11.3 Å². The summed E-state index contributed by atoms with van der Waals surface area (Å²) in [5.74, 6) is 1.32. The molecule has 3 aromatic rings. The van der Waals surface area contributed by atoms with Crippen LogP contribution >= 0.6 is 11.6 Å². The monoisotopic (exact) mass is 421 g/mol. The second kappa shape index (κ2) is 9.18. The summed E-state index contributed by atoms with van der Waals surface area (Å²) >= 11 is 4.44. The first-order valence-corrected chi connectivity index (χ1v) is 10.3. The van der Waals surface area contributed by atoms with Crippen LogP contribution in [0.4, 0.5) is 0 Å². The lowest BCUT2D eigenvalue weighted by atomic mass is 10.1. The molecule has 0 amide bonds. The highest BCUT2D eigenvalue weighted by Crippen LogP contribution is 2.35. The van der Waals surface area contributed by atoms with E-state index in [1.807, 2.05) is 32.0 Å². The van der Waals surface area contributed by atoms with E-state index in [-0.39, 0.29) is 5.75 Å². The molecule has 0 saturated carbocycles. The molecule has 2 heterocycles. The van der Waals surface area contributed by atoms with Crippen molar-refractivity contribution in [1.82, 2.24) is 14.5 Å². The third-order valence-electron chi connectivity index (χ3n) is 3.86. The molecule has 28 heavy (non-hydrogen) atoms. The molecule has 0 aliphatic heterocycles. The number of aromatic nitrogens is 3. The molecule has 0 aliphatic carbocycles. The van der Waals surface area contributed by atoms with Crippen LogP contribution in [0.2, 0.25) is 5.15 Å². The van der Waals surface area contributed by atoms with E-state index in [4.69, 9.17) is 25.6 Å². The first-order valence-electron chi connectivity index (χ1n) is 8.68. The highest BCUT2D eigenvalue weighted by atomic mass is 35.5. The Morgan fingerprint density at radius 1 is 1.11 bits per heavy atom. The van der Waals surface area contributed by atoms with E-state index in [1.165, 1.54) is 0 Å². The lowest BCUT2D eigenvalue weighted by Gasteiger charge is -2.13. The number of hydrogen-bond donors (Lipinski definition) is 1. The average molecular weight is 422 g/mol. The summed E-state index contributed by atoms with van der Waals surface area (Å²) in [6.45, 7) is 4.88. The molecule has 0 saturated heterocycles. The predicted octanol–water partition coefficient (Wildman–Crippen LogP) is 4.11. The van der Waals surface area contributed by atoms with Gasteiger partial charge < -0.3 is 14.0 Å². The first-order chi connectivity index (χ1) is 13.5. The van der Waals surface area contributed by atoms with Crippen LogP contribution in [0.3, 0.4) is 0 Å². The van der Waals surface area contributed by atoms with Crippen LogP contribution in [-0.4, -0.2) is 36.5 Å². The molecule has 1 aromatic carbocycles. The number of rotatable bonds is 8. The summed E-state index contributed by atoms with van der Waals surface area (Å²) in [6, 6.07) is 9.08. The van der Waals surface area contributed by atoms with Gasteiger partial charge in [0.1, 0.15) is 17.8 Å². The normalized spacial score (nSPS) is 12.0. The molecule has 3 rings (SSSR count). The number of ether oxygens (including phenoxy) is 2. The fourth-order valence-corrected chi connectivity index (χ4v) is 3.43. The van der Waals surface area contributed by atoms with Crippen molar-refractivity contribution in [2.75, 3.05) is 13.2 Å². The molecular formula is C19H20ClN3O4S. The van der Waals surface area contributed by atoms with Crippen LogP contribution < -0.4 is 9.47 Å². The Morgan fingerprint density at radius 2 is 1.79 bits per heavy atom. The summed E-state index contributed by atoms with van der Waals surface area (Å²) in [6.07, 6.45) is 3.21. The Labute approximate surface area is 170 Å². The lowest BCUT2D eigenvalue weighted by molar-refractivity contribution is 0.323. The van der Waals surface area contributed by atoms with Crippen LogP contribution in [0.15, 0.2) is 42.9 Å². The second-order valence-corrected chi connectivity index (χ2v) is 7.08. The van der Waals surface area contributed by atoms with Crippen molar-refractivity contribution >= 4 is 22.7 Å². The molecule has 0 bridgehead atoms. The molecule has 0 radical (unpaired) electrons. The zero-order valence-electron chi connectivity index (χ0n) is 15.5. The van der Waals surface area contributed by atoms with Gasteiger partial charge in [0.2, 0.25) is 0 Å². The van der Waals surface area contributed by atoms with Gasteiger partial charge in [-0.15, -0.1) is 0 Å². The van der Waals surface area contributed by atoms with Crippen molar-refractivity contribution in [2.24, 2.45) is 0 Å². The van der Waals surface area contributed by atoms with Crippen molar-refractivity contribution in [2.45, 2.75) is 19.6 Å². The smallest absolute Gasteiger partial charge is 0.158 e. The van der Waals surface area contributed by atoms with Gasteiger partial charge in [-0.3, -0.25) is 9.55 Å². The summed E-state index contributed by atoms with van der Waals surface area (Å²) in [4.78, 5) is 8.46. The average Bonchev–Trinajstić information content (AvgIpc) is 3.04. The molecule has 0 fully saturated rings. The van der Waals surface area contributed by atoms with E-state index < -0.39 is 11.1 Å². The molecular weight excluding hydrogens is 402 g/mol. The van der Waals surface area contributed by atoms with Crippen LogP contribution in [0.5, 0.6) is 11.5 Å². The van der Waals surface area contributed by atoms with Gasteiger partial charge in [-0.2, -0.15) is 0 Å². The number of halogens is 1. The second-order valence-electron chi connectivity index (χ2n) is 5.79. The van der Waals surface area contributed by atoms with E-state index in [9.17, 15) is 4.21 Å². The fourth-order valence-electron chi connectivity index (χ4n) is 2.76. The summed E-state index contributed by atoms with van der Waals surface area (Å²) in [5.41, 5.74) is 2.71. The minimum atomic E-state index is -1.94. The number of hydrogen-bond acceptors (Lipinski definition) is 5. The maximum atomic E-state index is 11.0. The Morgan fingerprint density at radius 3 is 2.32 bits per heavy atom. The molecule has 2 aromatic heterocycles. The summed E-state index contributed by atoms with van der Waals surface area (Å²) in [5, 5.41) is 0.330. The molecule has 7 nitrogen and oxygen atoms in total. The van der Waals surface area contributed by atoms with Crippen molar-refractivity contribution in [3.8, 4) is 28.4 Å². The van der Waals surface area contributed by atoms with Crippen LogP contribution in [0, 0.1) is 0 Å². The third kappa shape index (κ3) is 4.70. The van der Waals surface area contributed by atoms with E-state index in [1.54, 1.807) is 29.2 Å². The van der Waals surface area contributed by atoms with Crippen LogP contribution in [-0.2, 0) is 16.8 Å². The molecule has 0 aliphatic rings. The van der Waals surface area contributed by atoms with Crippen molar-refractivity contribution in [1.29, 1.82) is 0 Å². The van der Waals surface area contributed by atoms with Gasteiger partial charge in [-0.1, -0.05) is 11.6 Å². The molecule has 0 spiro atoms. The summed E-state index contributed by atoms with van der Waals surface area (Å²) in [7, 11) is 0. The van der Waals surface area contributed by atoms with E-state index >= 15 is 0 Å². The van der Waals surface area contributed by atoms with Gasteiger partial charge in [-0.25, -0.2) is 9.19 Å². The quantitative estimate of drug-likeness (QED) is 0.551. The fraction of sp³-hybridized carbons (Fsp3) is 0.263. The SMILES string of the molecule is CCOc1cc(OCC)cc(-c2c(Cl)ncn2-c2ccc(CS(=O)O)nc2)c1. The van der Waals surface area contributed by atoms with Crippen molar-refractivity contribution < 1.29 is 18.2 Å². The Bertz CT molecular complexity index is 952. The summed E-state index contributed by atoms with van der Waals surface area (Å²) < 4.78 is 33.1. The third-order valence-corrected chi connectivity index (χ3v) is 4.68. The van der Waals surface area contributed by atoms with Gasteiger partial charge in [-0.05, 0) is 38.1 Å². The molecule has 1 N–H and O–H groups in total. The van der Waals surface area contributed by atoms with Gasteiger partial charge >= 0.3 is 0 Å². The van der Waals surface area contributed by atoms with Gasteiger partial charge in [0.15, 0.2) is 16.2 Å². The topological polar surface area (TPSA) is 86.5 Å². The molecule has 148 valence electrons. The zero-order valence-corrected chi connectivity index (χ0v) is 17.0. The van der Waals surface area contributed by atoms with Crippen LogP contribution in [0.1, 0.15) is 19.5 Å². The Balaban J connectivity index is 2.04. The van der Waals surface area contributed by atoms with Gasteiger partial charge in [0, 0.05) is 11.6 Å². The first kappa shape index (κ1) is 20.3. The Hall–Kier alpha value is -2.42. The predicted molar refractivity (Wildman–Crippen MR) is 109 cm³/mol. The molecule has 9 heteroatoms. The maximum absolute atomic E-state index is 11.0. The number of benzene rings is 1. The van der Waals surface area contributed by atoms with Crippen molar-refractivity contribution in [3.63, 3.8) is 0 Å². The van der Waals surface area contributed by atoms with Crippen LogP contribution in [0.25, 0.3) is 16.9 Å². The maximum Gasteiger partial charge on any atom is 0.158 e. The van der Waals surface area contributed by atoms with E-state index in [2.05, 4.69) is 9.97 Å².